The van der Waals surface area contributed by atoms with Gasteiger partial charge < -0.3 is 20.3 Å². The minimum absolute atomic E-state index is 0.0815. The molecule has 0 radical (unpaired) electrons. The maximum Gasteiger partial charge on any atom is 0.254 e. The van der Waals surface area contributed by atoms with Crippen molar-refractivity contribution in [1.82, 2.24) is 15.5 Å². The number of hydrogen-bond donors (Lipinski definition) is 2. The van der Waals surface area contributed by atoms with Gasteiger partial charge in [0.1, 0.15) is 5.75 Å². The van der Waals surface area contributed by atoms with Crippen molar-refractivity contribution in [3.05, 3.63) is 65.2 Å². The van der Waals surface area contributed by atoms with Crippen LogP contribution in [-0.2, 0) is 11.3 Å². The number of rotatable bonds is 8. The van der Waals surface area contributed by atoms with E-state index in [1.54, 1.807) is 36.4 Å². The van der Waals surface area contributed by atoms with Gasteiger partial charge in [-0.2, -0.15) is 0 Å². The molecule has 0 bridgehead atoms. The highest BCUT2D eigenvalue weighted by atomic mass is 16.5. The Morgan fingerprint density at radius 2 is 1.74 bits per heavy atom. The highest BCUT2D eigenvalue weighted by Crippen LogP contribution is 2.14. The molecule has 3 amide bonds. The number of ether oxygens (including phenoxy) is 1. The summed E-state index contributed by atoms with van der Waals surface area (Å²) < 4.78 is 5.68. The molecule has 0 saturated carbocycles. The van der Waals surface area contributed by atoms with E-state index in [4.69, 9.17) is 4.74 Å². The van der Waals surface area contributed by atoms with Gasteiger partial charge in [-0.3, -0.25) is 14.4 Å². The molecule has 3 rings (SSSR count). The van der Waals surface area contributed by atoms with Crippen LogP contribution in [0.4, 0.5) is 0 Å². The molecule has 164 valence electrons. The number of carbonyl (C=O) groups excluding carboxylic acids is 3. The van der Waals surface area contributed by atoms with Gasteiger partial charge in [-0.1, -0.05) is 26.0 Å². The third-order valence-corrected chi connectivity index (χ3v) is 5.06. The Labute approximate surface area is 182 Å². The van der Waals surface area contributed by atoms with Crippen molar-refractivity contribution in [2.24, 2.45) is 5.92 Å². The van der Waals surface area contributed by atoms with Crippen LogP contribution < -0.4 is 15.4 Å². The summed E-state index contributed by atoms with van der Waals surface area (Å²) in [4.78, 5) is 37.9. The lowest BCUT2D eigenvalue weighted by atomic mass is 10.1. The molecule has 2 N–H and O–H groups in total. The predicted molar refractivity (Wildman–Crippen MR) is 118 cm³/mol. The average Bonchev–Trinajstić information content (AvgIpc) is 2.77. The van der Waals surface area contributed by atoms with E-state index in [-0.39, 0.29) is 24.3 Å². The SMILES string of the molecule is CC(C)CCOc1ccc(C(=O)NCc2ccc(C(=O)N3CCNC(=O)C3)cc2)cc1. The Morgan fingerprint density at radius 1 is 1.06 bits per heavy atom. The summed E-state index contributed by atoms with van der Waals surface area (Å²) in [6.07, 6.45) is 0.986. The van der Waals surface area contributed by atoms with E-state index in [2.05, 4.69) is 24.5 Å². The van der Waals surface area contributed by atoms with E-state index in [9.17, 15) is 14.4 Å². The molecule has 1 heterocycles. The first kappa shape index (κ1) is 22.3. The van der Waals surface area contributed by atoms with Crippen molar-refractivity contribution in [3.8, 4) is 5.75 Å². The molecule has 0 aromatic heterocycles. The summed E-state index contributed by atoms with van der Waals surface area (Å²) in [5.74, 6) is 0.857. The molecule has 7 heteroatoms. The maximum atomic E-state index is 12.5. The van der Waals surface area contributed by atoms with Gasteiger partial charge in [0, 0.05) is 30.8 Å². The summed E-state index contributed by atoms with van der Waals surface area (Å²) in [6, 6.07) is 14.2. The molecule has 0 spiro atoms. The van der Waals surface area contributed by atoms with Gasteiger partial charge in [-0.05, 0) is 54.3 Å². The van der Waals surface area contributed by atoms with E-state index in [0.717, 1.165) is 17.7 Å². The van der Waals surface area contributed by atoms with E-state index in [0.29, 0.717) is 43.3 Å². The number of nitrogens with one attached hydrogen (secondary N) is 2. The standard InChI is InChI=1S/C24H29N3O4/c1-17(2)11-14-31-21-9-7-19(8-10-21)23(29)26-15-18-3-5-20(6-4-18)24(30)27-13-12-25-22(28)16-27/h3-10,17H,11-16H2,1-2H3,(H,25,28)(H,26,29). The zero-order valence-corrected chi connectivity index (χ0v) is 18.0. The lowest BCUT2D eigenvalue weighted by Gasteiger charge is -2.26. The van der Waals surface area contributed by atoms with Crippen molar-refractivity contribution in [1.29, 1.82) is 0 Å². The predicted octanol–water partition coefficient (Wildman–Crippen LogP) is 2.61. The number of hydrogen-bond acceptors (Lipinski definition) is 4. The summed E-state index contributed by atoms with van der Waals surface area (Å²) in [5, 5.41) is 5.59. The average molecular weight is 424 g/mol. The number of piperazine rings is 1. The summed E-state index contributed by atoms with van der Waals surface area (Å²) >= 11 is 0. The van der Waals surface area contributed by atoms with E-state index < -0.39 is 0 Å². The van der Waals surface area contributed by atoms with Crippen molar-refractivity contribution >= 4 is 17.7 Å². The monoisotopic (exact) mass is 423 g/mol. The first-order valence-corrected chi connectivity index (χ1v) is 10.6. The van der Waals surface area contributed by atoms with E-state index in [1.807, 2.05) is 12.1 Å². The van der Waals surface area contributed by atoms with Crippen LogP contribution >= 0.6 is 0 Å². The van der Waals surface area contributed by atoms with Crippen LogP contribution in [-0.4, -0.2) is 48.9 Å². The Morgan fingerprint density at radius 3 is 2.39 bits per heavy atom. The summed E-state index contributed by atoms with van der Waals surface area (Å²) in [7, 11) is 0. The molecule has 0 unspecified atom stereocenters. The van der Waals surface area contributed by atoms with Gasteiger partial charge >= 0.3 is 0 Å². The fraction of sp³-hybridized carbons (Fsp3) is 0.375. The van der Waals surface area contributed by atoms with Gasteiger partial charge in [-0.25, -0.2) is 0 Å². The van der Waals surface area contributed by atoms with Crippen LogP contribution in [0, 0.1) is 5.92 Å². The lowest BCUT2D eigenvalue weighted by molar-refractivity contribution is -0.123. The zero-order chi connectivity index (χ0) is 22.2. The molecule has 0 atom stereocenters. The molecular weight excluding hydrogens is 394 g/mol. The van der Waals surface area contributed by atoms with Gasteiger partial charge in [0.15, 0.2) is 0 Å². The molecular formula is C24H29N3O4. The molecule has 1 fully saturated rings. The minimum Gasteiger partial charge on any atom is -0.494 e. The van der Waals surface area contributed by atoms with Crippen LogP contribution in [0.15, 0.2) is 48.5 Å². The fourth-order valence-electron chi connectivity index (χ4n) is 3.16. The number of amides is 3. The molecule has 2 aromatic rings. The number of benzene rings is 2. The topological polar surface area (TPSA) is 87.7 Å². The van der Waals surface area contributed by atoms with Gasteiger partial charge in [0.25, 0.3) is 11.8 Å². The van der Waals surface area contributed by atoms with Crippen molar-refractivity contribution in [2.45, 2.75) is 26.8 Å². The largest absolute Gasteiger partial charge is 0.494 e. The molecule has 1 saturated heterocycles. The quantitative estimate of drug-likeness (QED) is 0.683. The first-order valence-electron chi connectivity index (χ1n) is 10.6. The van der Waals surface area contributed by atoms with Crippen molar-refractivity contribution < 1.29 is 19.1 Å². The highest BCUT2D eigenvalue weighted by Gasteiger charge is 2.22. The van der Waals surface area contributed by atoms with Crippen LogP contribution in [0.2, 0.25) is 0 Å². The second kappa shape index (κ2) is 10.6. The lowest BCUT2D eigenvalue weighted by Crippen LogP contribution is -2.49. The Kier molecular flexibility index (Phi) is 7.65. The number of carbonyl (C=O) groups is 3. The zero-order valence-electron chi connectivity index (χ0n) is 18.0. The van der Waals surface area contributed by atoms with Crippen LogP contribution in [0.5, 0.6) is 5.75 Å². The second-order valence-electron chi connectivity index (χ2n) is 8.01. The third-order valence-electron chi connectivity index (χ3n) is 5.06. The van der Waals surface area contributed by atoms with Gasteiger partial charge in [0.05, 0.1) is 13.2 Å². The van der Waals surface area contributed by atoms with E-state index >= 15 is 0 Å². The molecule has 2 aromatic carbocycles. The van der Waals surface area contributed by atoms with Crippen LogP contribution in [0.25, 0.3) is 0 Å². The normalized spacial score (nSPS) is 13.6. The summed E-state index contributed by atoms with van der Waals surface area (Å²) in [6.45, 7) is 6.37. The number of nitrogens with zero attached hydrogens (tertiary/aromatic N) is 1. The molecule has 1 aliphatic rings. The summed E-state index contributed by atoms with van der Waals surface area (Å²) in [5.41, 5.74) is 1.97. The molecule has 7 nitrogen and oxygen atoms in total. The highest BCUT2D eigenvalue weighted by molar-refractivity contribution is 5.97. The van der Waals surface area contributed by atoms with E-state index in [1.165, 1.54) is 4.90 Å². The van der Waals surface area contributed by atoms with Crippen LogP contribution in [0.3, 0.4) is 0 Å². The fourth-order valence-corrected chi connectivity index (χ4v) is 3.16. The van der Waals surface area contributed by atoms with Crippen LogP contribution in [0.1, 0.15) is 46.5 Å². The molecule has 0 aliphatic carbocycles. The molecule has 1 aliphatic heterocycles. The molecule has 31 heavy (non-hydrogen) atoms. The Bertz CT molecular complexity index is 907. The first-order chi connectivity index (χ1) is 14.9. The third kappa shape index (κ3) is 6.57. The Hall–Kier alpha value is -3.35. The van der Waals surface area contributed by atoms with Gasteiger partial charge in [-0.15, -0.1) is 0 Å². The van der Waals surface area contributed by atoms with Crippen molar-refractivity contribution in [2.75, 3.05) is 26.2 Å². The van der Waals surface area contributed by atoms with Crippen molar-refractivity contribution in [3.63, 3.8) is 0 Å². The smallest absolute Gasteiger partial charge is 0.254 e. The van der Waals surface area contributed by atoms with Gasteiger partial charge in [0.2, 0.25) is 5.91 Å². The minimum atomic E-state index is -0.173. The Balaban J connectivity index is 1.48. The second-order valence-corrected chi connectivity index (χ2v) is 8.01. The maximum absolute atomic E-state index is 12.5.